The number of nitrogen functional groups attached to an aromatic ring is 1. The fraction of sp³-hybridized carbons (Fsp3) is 0.455. The van der Waals surface area contributed by atoms with Gasteiger partial charge < -0.3 is 11.1 Å². The molecule has 0 saturated heterocycles. The molecule has 0 spiro atoms. The Balaban J connectivity index is 2.69. The maximum Gasteiger partial charge on any atom is 0.0585 e. The molecular formula is C11H17BrN2S. The van der Waals surface area contributed by atoms with Gasteiger partial charge in [-0.25, -0.2) is 0 Å². The zero-order valence-electron chi connectivity index (χ0n) is 9.30. The molecule has 0 radical (unpaired) electrons. The van der Waals surface area contributed by atoms with Gasteiger partial charge in [0.15, 0.2) is 0 Å². The molecule has 3 N–H and O–H groups in total. The maximum atomic E-state index is 5.87. The fourth-order valence-corrected chi connectivity index (χ4v) is 1.64. The van der Waals surface area contributed by atoms with E-state index in [-0.39, 0.29) is 4.75 Å². The van der Waals surface area contributed by atoms with E-state index >= 15 is 0 Å². The minimum absolute atomic E-state index is 0.217. The van der Waals surface area contributed by atoms with E-state index < -0.39 is 0 Å². The van der Waals surface area contributed by atoms with Gasteiger partial charge in [-0.2, -0.15) is 11.8 Å². The van der Waals surface area contributed by atoms with Crippen molar-refractivity contribution >= 4 is 39.1 Å². The van der Waals surface area contributed by atoms with Gasteiger partial charge in [-0.05, 0) is 38.3 Å². The lowest BCUT2D eigenvalue weighted by molar-refractivity contribution is 0.753. The highest BCUT2D eigenvalue weighted by molar-refractivity contribution is 9.10. The SMILES string of the molecule is CSC(C)(C)CNc1cc(Br)ccc1N. The normalized spacial score (nSPS) is 11.5. The second-order valence-electron chi connectivity index (χ2n) is 4.05. The molecule has 0 heterocycles. The Morgan fingerprint density at radius 3 is 2.73 bits per heavy atom. The Morgan fingerprint density at radius 2 is 2.13 bits per heavy atom. The van der Waals surface area contributed by atoms with E-state index in [1.165, 1.54) is 0 Å². The summed E-state index contributed by atoms with van der Waals surface area (Å²) in [6.07, 6.45) is 2.12. The van der Waals surface area contributed by atoms with E-state index in [1.54, 1.807) is 0 Å². The van der Waals surface area contributed by atoms with E-state index in [4.69, 9.17) is 5.73 Å². The Kier molecular flexibility index (Phi) is 4.34. The Bertz CT molecular complexity index is 339. The molecule has 0 unspecified atom stereocenters. The second kappa shape index (κ2) is 5.12. The van der Waals surface area contributed by atoms with Crippen molar-refractivity contribution in [3.63, 3.8) is 0 Å². The molecule has 15 heavy (non-hydrogen) atoms. The third-order valence-corrected chi connectivity index (χ3v) is 4.02. The molecule has 0 amide bonds. The maximum absolute atomic E-state index is 5.87. The summed E-state index contributed by atoms with van der Waals surface area (Å²) in [4.78, 5) is 0. The van der Waals surface area contributed by atoms with Crippen LogP contribution in [0.1, 0.15) is 13.8 Å². The van der Waals surface area contributed by atoms with E-state index in [9.17, 15) is 0 Å². The minimum atomic E-state index is 0.217. The zero-order valence-corrected chi connectivity index (χ0v) is 11.7. The summed E-state index contributed by atoms with van der Waals surface area (Å²) in [7, 11) is 0. The molecule has 1 rings (SSSR count). The van der Waals surface area contributed by atoms with Crippen LogP contribution in [0.25, 0.3) is 0 Å². The van der Waals surface area contributed by atoms with Crippen molar-refractivity contribution < 1.29 is 0 Å². The highest BCUT2D eigenvalue weighted by Gasteiger charge is 2.15. The molecule has 0 aliphatic carbocycles. The van der Waals surface area contributed by atoms with Gasteiger partial charge in [0.2, 0.25) is 0 Å². The third kappa shape index (κ3) is 3.95. The van der Waals surface area contributed by atoms with Crippen LogP contribution in [-0.2, 0) is 0 Å². The van der Waals surface area contributed by atoms with Crippen molar-refractivity contribution in [2.45, 2.75) is 18.6 Å². The lowest BCUT2D eigenvalue weighted by atomic mass is 10.2. The summed E-state index contributed by atoms with van der Waals surface area (Å²) in [5, 5.41) is 3.37. The van der Waals surface area contributed by atoms with Gasteiger partial charge in [-0.15, -0.1) is 0 Å². The molecule has 1 aromatic carbocycles. The molecule has 0 aliphatic rings. The van der Waals surface area contributed by atoms with E-state index in [0.29, 0.717) is 0 Å². The first-order valence-electron chi connectivity index (χ1n) is 4.79. The van der Waals surface area contributed by atoms with Gasteiger partial charge in [0.1, 0.15) is 0 Å². The Labute approximate surface area is 104 Å². The van der Waals surface area contributed by atoms with Crippen LogP contribution in [0.4, 0.5) is 11.4 Å². The topological polar surface area (TPSA) is 38.0 Å². The first-order valence-corrected chi connectivity index (χ1v) is 6.80. The molecule has 4 heteroatoms. The molecule has 0 aromatic heterocycles. The Hall–Kier alpha value is -0.350. The number of benzene rings is 1. The van der Waals surface area contributed by atoms with Crippen LogP contribution in [-0.4, -0.2) is 17.5 Å². The molecule has 0 fully saturated rings. The van der Waals surface area contributed by atoms with Crippen LogP contribution in [0.2, 0.25) is 0 Å². The van der Waals surface area contributed by atoms with Crippen LogP contribution < -0.4 is 11.1 Å². The summed E-state index contributed by atoms with van der Waals surface area (Å²) >= 11 is 5.27. The third-order valence-electron chi connectivity index (χ3n) is 2.27. The molecule has 84 valence electrons. The van der Waals surface area contributed by atoms with Gasteiger partial charge in [0, 0.05) is 15.8 Å². The highest BCUT2D eigenvalue weighted by Crippen LogP contribution is 2.26. The predicted molar refractivity (Wildman–Crippen MR) is 74.6 cm³/mol. The molecular weight excluding hydrogens is 272 g/mol. The van der Waals surface area contributed by atoms with Crippen LogP contribution in [0.3, 0.4) is 0 Å². The highest BCUT2D eigenvalue weighted by atomic mass is 79.9. The van der Waals surface area contributed by atoms with Crippen molar-refractivity contribution in [3.8, 4) is 0 Å². The van der Waals surface area contributed by atoms with Crippen LogP contribution in [0.5, 0.6) is 0 Å². The summed E-state index contributed by atoms with van der Waals surface area (Å²) in [6, 6.07) is 5.85. The lowest BCUT2D eigenvalue weighted by Gasteiger charge is -2.23. The number of rotatable bonds is 4. The first kappa shape index (κ1) is 12.7. The number of thioether (sulfide) groups is 1. The predicted octanol–water partition coefficient (Wildman–Crippen LogP) is 3.58. The average molecular weight is 289 g/mol. The Morgan fingerprint density at radius 1 is 1.47 bits per heavy atom. The number of nitrogens with one attached hydrogen (secondary N) is 1. The smallest absolute Gasteiger partial charge is 0.0585 e. The van der Waals surface area contributed by atoms with Gasteiger partial charge in [-0.1, -0.05) is 15.9 Å². The van der Waals surface area contributed by atoms with Crippen molar-refractivity contribution in [2.24, 2.45) is 0 Å². The summed E-state index contributed by atoms with van der Waals surface area (Å²) in [5.74, 6) is 0. The molecule has 0 aliphatic heterocycles. The van der Waals surface area contributed by atoms with Crippen LogP contribution >= 0.6 is 27.7 Å². The van der Waals surface area contributed by atoms with Gasteiger partial charge in [0.05, 0.1) is 11.4 Å². The van der Waals surface area contributed by atoms with Crippen LogP contribution in [0.15, 0.2) is 22.7 Å². The number of hydrogen-bond donors (Lipinski definition) is 2. The summed E-state index contributed by atoms with van der Waals surface area (Å²) in [6.45, 7) is 5.31. The molecule has 0 atom stereocenters. The number of nitrogens with two attached hydrogens (primary N) is 1. The van der Waals surface area contributed by atoms with Crippen LogP contribution in [0, 0.1) is 0 Å². The zero-order chi connectivity index (χ0) is 11.5. The summed E-state index contributed by atoms with van der Waals surface area (Å²) in [5.41, 5.74) is 7.65. The number of halogens is 1. The largest absolute Gasteiger partial charge is 0.397 e. The molecule has 1 aromatic rings. The van der Waals surface area contributed by atoms with Crippen molar-refractivity contribution in [2.75, 3.05) is 23.9 Å². The quantitative estimate of drug-likeness (QED) is 0.832. The second-order valence-corrected chi connectivity index (χ2v) is 6.48. The monoisotopic (exact) mass is 288 g/mol. The fourth-order valence-electron chi connectivity index (χ4n) is 1.06. The van der Waals surface area contributed by atoms with E-state index in [2.05, 4.69) is 41.3 Å². The van der Waals surface area contributed by atoms with Crippen molar-refractivity contribution in [3.05, 3.63) is 22.7 Å². The minimum Gasteiger partial charge on any atom is -0.397 e. The van der Waals surface area contributed by atoms with E-state index in [1.807, 2.05) is 30.0 Å². The molecule has 0 saturated carbocycles. The standard InChI is InChI=1S/C11H17BrN2S/c1-11(2,15-3)7-14-10-6-8(12)4-5-9(10)13/h4-6,14H,7,13H2,1-3H3. The molecule has 2 nitrogen and oxygen atoms in total. The van der Waals surface area contributed by atoms with Crippen molar-refractivity contribution in [1.29, 1.82) is 0 Å². The summed E-state index contributed by atoms with van der Waals surface area (Å²) < 4.78 is 1.26. The van der Waals surface area contributed by atoms with Gasteiger partial charge >= 0.3 is 0 Å². The van der Waals surface area contributed by atoms with Crippen molar-refractivity contribution in [1.82, 2.24) is 0 Å². The number of anilines is 2. The number of hydrogen-bond acceptors (Lipinski definition) is 3. The van der Waals surface area contributed by atoms with E-state index in [0.717, 1.165) is 22.4 Å². The average Bonchev–Trinajstić information content (AvgIpc) is 2.20. The molecule has 0 bridgehead atoms. The lowest BCUT2D eigenvalue weighted by Crippen LogP contribution is -2.26. The van der Waals surface area contributed by atoms with Gasteiger partial charge in [0.25, 0.3) is 0 Å². The van der Waals surface area contributed by atoms with Gasteiger partial charge in [-0.3, -0.25) is 0 Å². The first-order chi connectivity index (χ1) is 6.94.